The van der Waals surface area contributed by atoms with Gasteiger partial charge in [-0.2, -0.15) is 0 Å². The van der Waals surface area contributed by atoms with Crippen molar-refractivity contribution in [1.82, 2.24) is 20.0 Å². The molecule has 3 rings (SSSR count). The number of rotatable bonds is 7. The van der Waals surface area contributed by atoms with Crippen molar-refractivity contribution in [3.63, 3.8) is 0 Å². The number of aromatic nitrogens is 2. The number of carbonyl (C=O) groups is 1. The lowest BCUT2D eigenvalue weighted by molar-refractivity contribution is 0.0950. The van der Waals surface area contributed by atoms with Gasteiger partial charge in [0.1, 0.15) is 5.82 Å². The third kappa shape index (κ3) is 5.57. The van der Waals surface area contributed by atoms with Gasteiger partial charge in [-0.1, -0.05) is 11.6 Å². The van der Waals surface area contributed by atoms with E-state index >= 15 is 0 Å². The van der Waals surface area contributed by atoms with E-state index in [1.807, 2.05) is 12.3 Å². The quantitative estimate of drug-likeness (QED) is 0.571. The molecule has 2 heterocycles. The van der Waals surface area contributed by atoms with E-state index in [9.17, 15) is 17.6 Å². The number of hydrogen-bond donors (Lipinski definition) is 2. The number of aryl methyl sites for hydroxylation is 1. The molecule has 0 saturated carbocycles. The number of carbonyl (C=O) groups excluding carboxylic acids is 1. The molecule has 0 atom stereocenters. The maximum absolute atomic E-state index is 13.2. The molecule has 3 aromatic rings. The zero-order valence-corrected chi connectivity index (χ0v) is 17.5. The van der Waals surface area contributed by atoms with Gasteiger partial charge in [0.25, 0.3) is 5.91 Å². The van der Waals surface area contributed by atoms with Crippen LogP contribution in [0.3, 0.4) is 0 Å². The Hall–Kier alpha value is -2.40. The first-order valence-electron chi connectivity index (χ1n) is 8.33. The number of pyridine rings is 1. The fourth-order valence-corrected chi connectivity index (χ4v) is 4.20. The lowest BCUT2D eigenvalue weighted by Gasteiger charge is -2.08. The van der Waals surface area contributed by atoms with Gasteiger partial charge in [0, 0.05) is 11.6 Å². The normalized spacial score (nSPS) is 11.4. The largest absolute Gasteiger partial charge is 0.346 e. The molecule has 0 spiro atoms. The van der Waals surface area contributed by atoms with Gasteiger partial charge in [0.15, 0.2) is 0 Å². The minimum absolute atomic E-state index is 0.0999. The van der Waals surface area contributed by atoms with E-state index in [4.69, 9.17) is 11.6 Å². The van der Waals surface area contributed by atoms with Crippen LogP contribution in [0.5, 0.6) is 0 Å². The van der Waals surface area contributed by atoms with Crippen molar-refractivity contribution < 1.29 is 17.6 Å². The van der Waals surface area contributed by atoms with Gasteiger partial charge in [-0.05, 0) is 37.3 Å². The first kappa shape index (κ1) is 21.3. The van der Waals surface area contributed by atoms with E-state index in [0.717, 1.165) is 28.9 Å². The Morgan fingerprint density at radius 2 is 2.00 bits per heavy atom. The fourth-order valence-electron chi connectivity index (χ4n) is 2.32. The molecule has 0 saturated heterocycles. The second-order valence-corrected chi connectivity index (χ2v) is 9.22. The van der Waals surface area contributed by atoms with Crippen LogP contribution in [0.4, 0.5) is 4.39 Å². The van der Waals surface area contributed by atoms with Crippen molar-refractivity contribution in [3.8, 4) is 0 Å². The number of nitrogens with one attached hydrogen (secondary N) is 2. The van der Waals surface area contributed by atoms with Gasteiger partial charge in [-0.15, -0.1) is 11.3 Å². The third-order valence-corrected chi connectivity index (χ3v) is 6.34. The molecule has 29 heavy (non-hydrogen) atoms. The van der Waals surface area contributed by atoms with Crippen molar-refractivity contribution in [2.24, 2.45) is 0 Å². The summed E-state index contributed by atoms with van der Waals surface area (Å²) in [6.45, 7) is 2.10. The molecule has 7 nitrogen and oxygen atoms in total. The Morgan fingerprint density at radius 3 is 2.62 bits per heavy atom. The van der Waals surface area contributed by atoms with Gasteiger partial charge in [-0.25, -0.2) is 22.5 Å². The Balaban J connectivity index is 1.58. The number of sulfonamides is 1. The molecule has 0 fully saturated rings. The number of thiazole rings is 1. The summed E-state index contributed by atoms with van der Waals surface area (Å²) in [5, 5.41) is 5.26. The Bertz CT molecular complexity index is 1130. The van der Waals surface area contributed by atoms with Gasteiger partial charge in [-0.3, -0.25) is 9.78 Å². The summed E-state index contributed by atoms with van der Waals surface area (Å²) in [5.41, 5.74) is 1.53. The number of hydrogen-bond acceptors (Lipinski definition) is 6. The van der Waals surface area contributed by atoms with Gasteiger partial charge < -0.3 is 5.32 Å². The minimum Gasteiger partial charge on any atom is -0.346 e. The van der Waals surface area contributed by atoms with E-state index in [0.29, 0.717) is 17.8 Å². The van der Waals surface area contributed by atoms with Crippen molar-refractivity contribution >= 4 is 38.9 Å². The second-order valence-electron chi connectivity index (χ2n) is 5.98. The lowest BCUT2D eigenvalue weighted by atomic mass is 10.2. The molecule has 0 aliphatic carbocycles. The topological polar surface area (TPSA) is 101 Å². The first-order chi connectivity index (χ1) is 13.7. The van der Waals surface area contributed by atoms with Crippen LogP contribution in [-0.2, 0) is 23.1 Å². The summed E-state index contributed by atoms with van der Waals surface area (Å²) in [6, 6.07) is 6.22. The molecule has 1 aromatic carbocycles. The van der Waals surface area contributed by atoms with Crippen LogP contribution in [0.1, 0.15) is 26.8 Å². The SMILES string of the molecule is Cc1nc(CNC(=O)c2ccc(CNS(=O)(=O)c3ccc(F)c(Cl)c3)nc2)cs1. The van der Waals surface area contributed by atoms with Crippen molar-refractivity contribution in [1.29, 1.82) is 0 Å². The highest BCUT2D eigenvalue weighted by Gasteiger charge is 2.16. The van der Waals surface area contributed by atoms with Crippen molar-refractivity contribution in [3.05, 3.63) is 74.7 Å². The van der Waals surface area contributed by atoms with E-state index in [1.165, 1.54) is 17.5 Å². The lowest BCUT2D eigenvalue weighted by Crippen LogP contribution is -2.25. The number of benzene rings is 1. The summed E-state index contributed by atoms with van der Waals surface area (Å²) in [5.74, 6) is -1.01. The monoisotopic (exact) mass is 454 g/mol. The Kier molecular flexibility index (Phi) is 6.58. The van der Waals surface area contributed by atoms with Crippen LogP contribution in [0.25, 0.3) is 0 Å². The van der Waals surface area contributed by atoms with E-state index in [-0.39, 0.29) is 22.4 Å². The first-order valence-corrected chi connectivity index (χ1v) is 11.1. The van der Waals surface area contributed by atoms with Gasteiger partial charge in [0.2, 0.25) is 10.0 Å². The summed E-state index contributed by atoms with van der Waals surface area (Å²) in [7, 11) is -3.89. The molecule has 11 heteroatoms. The Morgan fingerprint density at radius 1 is 1.21 bits per heavy atom. The number of amides is 1. The van der Waals surface area contributed by atoms with Crippen molar-refractivity contribution in [2.45, 2.75) is 24.9 Å². The van der Waals surface area contributed by atoms with E-state index in [1.54, 1.807) is 12.1 Å². The molecule has 0 aliphatic heterocycles. The molecule has 2 aromatic heterocycles. The van der Waals surface area contributed by atoms with Crippen LogP contribution in [0, 0.1) is 12.7 Å². The molecule has 0 radical (unpaired) electrons. The smallest absolute Gasteiger partial charge is 0.253 e. The summed E-state index contributed by atoms with van der Waals surface area (Å²) >= 11 is 7.13. The van der Waals surface area contributed by atoms with Crippen LogP contribution in [0.15, 0.2) is 46.8 Å². The summed E-state index contributed by atoms with van der Waals surface area (Å²) < 4.78 is 40.1. The minimum atomic E-state index is -3.89. The molecule has 152 valence electrons. The van der Waals surface area contributed by atoms with Gasteiger partial charge in [0.05, 0.1) is 45.0 Å². The predicted molar refractivity (Wildman–Crippen MR) is 108 cm³/mol. The number of nitrogens with zero attached hydrogens (tertiary/aromatic N) is 2. The molecular weight excluding hydrogens is 439 g/mol. The van der Waals surface area contributed by atoms with Crippen LogP contribution in [-0.4, -0.2) is 24.3 Å². The molecule has 1 amide bonds. The summed E-state index contributed by atoms with van der Waals surface area (Å²) in [6.07, 6.45) is 1.36. The van der Waals surface area contributed by atoms with Crippen LogP contribution in [0.2, 0.25) is 5.02 Å². The molecule has 0 bridgehead atoms. The van der Waals surface area contributed by atoms with Crippen molar-refractivity contribution in [2.75, 3.05) is 0 Å². The molecule has 0 aliphatic rings. The fraction of sp³-hybridized carbons (Fsp3) is 0.167. The predicted octanol–water partition coefficient (Wildman–Crippen LogP) is 3.05. The highest BCUT2D eigenvalue weighted by Crippen LogP contribution is 2.19. The third-order valence-electron chi connectivity index (χ3n) is 3.83. The highest BCUT2D eigenvalue weighted by molar-refractivity contribution is 7.89. The van der Waals surface area contributed by atoms with Crippen LogP contribution >= 0.6 is 22.9 Å². The number of halogens is 2. The summed E-state index contributed by atoms with van der Waals surface area (Å²) in [4.78, 5) is 20.4. The molecule has 0 unspecified atom stereocenters. The van der Waals surface area contributed by atoms with E-state index in [2.05, 4.69) is 20.0 Å². The zero-order valence-electron chi connectivity index (χ0n) is 15.1. The molecule has 2 N–H and O–H groups in total. The highest BCUT2D eigenvalue weighted by atomic mass is 35.5. The maximum Gasteiger partial charge on any atom is 0.253 e. The standard InChI is InChI=1S/C18H16ClFN4O3S2/c1-11-24-14(10-28-11)8-22-18(25)12-2-3-13(21-7-12)9-23-29(26,27)15-4-5-17(20)16(19)6-15/h2-7,10,23H,8-9H2,1H3,(H,22,25). The maximum atomic E-state index is 13.2. The van der Waals surface area contributed by atoms with Crippen LogP contribution < -0.4 is 10.0 Å². The second kappa shape index (κ2) is 8.95. The zero-order chi connectivity index (χ0) is 21.0. The Labute approximate surface area is 176 Å². The van der Waals surface area contributed by atoms with E-state index < -0.39 is 15.8 Å². The molecular formula is C18H16ClFN4O3S2. The average Bonchev–Trinajstić information content (AvgIpc) is 3.12. The average molecular weight is 455 g/mol. The van der Waals surface area contributed by atoms with Gasteiger partial charge >= 0.3 is 0 Å².